The SMILES string of the molecule is CCN(CC)S(=O)(=O)c1ccc(NC(=O)[C@H](C)Oc2c(C)cccc2C)cc1. The van der Waals surface area contributed by atoms with Crippen LogP contribution < -0.4 is 10.1 Å². The highest BCUT2D eigenvalue weighted by atomic mass is 32.2. The largest absolute Gasteiger partial charge is 0.480 e. The van der Waals surface area contributed by atoms with Crippen molar-refractivity contribution in [2.45, 2.75) is 45.6 Å². The molecular formula is C21H28N2O4S. The first-order chi connectivity index (χ1) is 13.2. The highest BCUT2D eigenvalue weighted by Crippen LogP contribution is 2.24. The van der Waals surface area contributed by atoms with Crippen LogP contribution in [0.15, 0.2) is 47.4 Å². The van der Waals surface area contributed by atoms with Gasteiger partial charge in [-0.05, 0) is 56.2 Å². The maximum absolute atomic E-state index is 12.5. The Morgan fingerprint density at radius 3 is 2.07 bits per heavy atom. The molecular weight excluding hydrogens is 376 g/mol. The highest BCUT2D eigenvalue weighted by Gasteiger charge is 2.22. The minimum absolute atomic E-state index is 0.203. The van der Waals surface area contributed by atoms with Gasteiger partial charge in [0.25, 0.3) is 5.91 Å². The molecule has 0 aliphatic carbocycles. The third-order valence-electron chi connectivity index (χ3n) is 4.54. The van der Waals surface area contributed by atoms with Crippen LogP contribution in [0.3, 0.4) is 0 Å². The fraction of sp³-hybridized carbons (Fsp3) is 0.381. The first kappa shape index (κ1) is 21.9. The first-order valence-corrected chi connectivity index (χ1v) is 10.8. The van der Waals surface area contributed by atoms with E-state index in [1.54, 1.807) is 32.9 Å². The molecule has 0 saturated carbocycles. The van der Waals surface area contributed by atoms with Crippen molar-refractivity contribution < 1.29 is 17.9 Å². The summed E-state index contributed by atoms with van der Waals surface area (Å²) in [4.78, 5) is 12.7. The van der Waals surface area contributed by atoms with E-state index in [-0.39, 0.29) is 10.8 Å². The Morgan fingerprint density at radius 2 is 1.57 bits per heavy atom. The quantitative estimate of drug-likeness (QED) is 0.727. The molecule has 28 heavy (non-hydrogen) atoms. The van der Waals surface area contributed by atoms with Gasteiger partial charge < -0.3 is 10.1 Å². The van der Waals surface area contributed by atoms with E-state index in [4.69, 9.17) is 4.74 Å². The molecule has 1 N–H and O–H groups in total. The lowest BCUT2D eigenvalue weighted by molar-refractivity contribution is -0.122. The van der Waals surface area contributed by atoms with E-state index in [0.29, 0.717) is 24.5 Å². The van der Waals surface area contributed by atoms with Gasteiger partial charge in [-0.2, -0.15) is 4.31 Å². The van der Waals surface area contributed by atoms with E-state index in [2.05, 4.69) is 5.32 Å². The maximum Gasteiger partial charge on any atom is 0.265 e. The molecule has 0 aliphatic rings. The molecule has 2 rings (SSSR count). The minimum Gasteiger partial charge on any atom is -0.480 e. The van der Waals surface area contributed by atoms with Crippen LogP contribution in [-0.4, -0.2) is 37.8 Å². The fourth-order valence-corrected chi connectivity index (χ4v) is 4.34. The Morgan fingerprint density at radius 1 is 1.04 bits per heavy atom. The molecule has 0 radical (unpaired) electrons. The van der Waals surface area contributed by atoms with Gasteiger partial charge in [0, 0.05) is 18.8 Å². The van der Waals surface area contributed by atoms with Gasteiger partial charge in [0.1, 0.15) is 5.75 Å². The number of para-hydroxylation sites is 1. The van der Waals surface area contributed by atoms with Gasteiger partial charge in [0.2, 0.25) is 10.0 Å². The van der Waals surface area contributed by atoms with Gasteiger partial charge >= 0.3 is 0 Å². The average Bonchev–Trinajstić information content (AvgIpc) is 2.66. The van der Waals surface area contributed by atoms with Gasteiger partial charge in [-0.3, -0.25) is 4.79 Å². The molecule has 6 nitrogen and oxygen atoms in total. The summed E-state index contributed by atoms with van der Waals surface area (Å²) in [5.41, 5.74) is 2.44. The molecule has 2 aromatic rings. The first-order valence-electron chi connectivity index (χ1n) is 9.34. The zero-order chi connectivity index (χ0) is 20.9. The maximum atomic E-state index is 12.5. The van der Waals surface area contributed by atoms with E-state index < -0.39 is 16.1 Å². The number of amides is 1. The van der Waals surface area contributed by atoms with Gasteiger partial charge in [-0.15, -0.1) is 0 Å². The highest BCUT2D eigenvalue weighted by molar-refractivity contribution is 7.89. The molecule has 0 heterocycles. The van der Waals surface area contributed by atoms with Crippen molar-refractivity contribution >= 4 is 21.6 Å². The zero-order valence-corrected chi connectivity index (χ0v) is 17.8. The van der Waals surface area contributed by atoms with Crippen LogP contribution in [0.5, 0.6) is 5.75 Å². The molecule has 0 bridgehead atoms. The van der Waals surface area contributed by atoms with Crippen LogP contribution >= 0.6 is 0 Å². The van der Waals surface area contributed by atoms with Crippen molar-refractivity contribution in [3.05, 3.63) is 53.6 Å². The van der Waals surface area contributed by atoms with Crippen LogP contribution in [0.4, 0.5) is 5.69 Å². The Kier molecular flexibility index (Phi) is 7.21. The normalized spacial score (nSPS) is 12.6. The fourth-order valence-electron chi connectivity index (χ4n) is 2.88. The average molecular weight is 405 g/mol. The van der Waals surface area contributed by atoms with E-state index in [9.17, 15) is 13.2 Å². The summed E-state index contributed by atoms with van der Waals surface area (Å²) >= 11 is 0. The van der Waals surface area contributed by atoms with Gasteiger partial charge in [0.15, 0.2) is 6.10 Å². The van der Waals surface area contributed by atoms with Crippen molar-refractivity contribution in [1.29, 1.82) is 0 Å². The smallest absolute Gasteiger partial charge is 0.265 e. The molecule has 7 heteroatoms. The van der Waals surface area contributed by atoms with Gasteiger partial charge in [0.05, 0.1) is 4.90 Å². The number of hydrogen-bond acceptors (Lipinski definition) is 4. The number of carbonyl (C=O) groups is 1. The van der Waals surface area contributed by atoms with E-state index in [0.717, 1.165) is 11.1 Å². The van der Waals surface area contributed by atoms with Crippen molar-refractivity contribution in [3.63, 3.8) is 0 Å². The summed E-state index contributed by atoms with van der Waals surface area (Å²) in [6.07, 6.45) is -0.695. The van der Waals surface area contributed by atoms with Crippen LogP contribution in [0.1, 0.15) is 31.9 Å². The summed E-state index contributed by atoms with van der Waals surface area (Å²) in [7, 11) is -3.52. The summed E-state index contributed by atoms with van der Waals surface area (Å²) in [6, 6.07) is 12.0. The number of carbonyl (C=O) groups excluding carboxylic acids is 1. The zero-order valence-electron chi connectivity index (χ0n) is 17.0. The lowest BCUT2D eigenvalue weighted by Gasteiger charge is -2.19. The molecule has 0 spiro atoms. The monoisotopic (exact) mass is 404 g/mol. The Bertz CT molecular complexity index is 900. The second kappa shape index (κ2) is 9.21. The molecule has 0 aliphatic heterocycles. The summed E-state index contributed by atoms with van der Waals surface area (Å²) < 4.78 is 32.3. The summed E-state index contributed by atoms with van der Waals surface area (Å²) in [5, 5.41) is 2.76. The second-order valence-corrected chi connectivity index (χ2v) is 8.52. The standard InChI is InChI=1S/C21H28N2O4S/c1-6-23(7-2)28(25,26)19-13-11-18(12-14-19)22-21(24)17(5)27-20-15(3)9-8-10-16(20)4/h8-14,17H,6-7H2,1-5H3,(H,22,24)/t17-/m0/s1. The second-order valence-electron chi connectivity index (χ2n) is 6.58. The van der Waals surface area contributed by atoms with Crippen molar-refractivity contribution in [1.82, 2.24) is 4.31 Å². The van der Waals surface area contributed by atoms with Gasteiger partial charge in [-0.25, -0.2) is 8.42 Å². The number of sulfonamides is 1. The summed E-state index contributed by atoms with van der Waals surface area (Å²) in [6.45, 7) is 9.96. The molecule has 0 saturated heterocycles. The Balaban J connectivity index is 2.08. The lowest BCUT2D eigenvalue weighted by Crippen LogP contribution is -2.31. The third-order valence-corrected chi connectivity index (χ3v) is 6.60. The van der Waals surface area contributed by atoms with E-state index >= 15 is 0 Å². The molecule has 0 fully saturated rings. The van der Waals surface area contributed by atoms with Crippen LogP contribution in [0, 0.1) is 13.8 Å². The molecule has 152 valence electrons. The predicted octanol–water partition coefficient (Wildman–Crippen LogP) is 3.74. The van der Waals surface area contributed by atoms with Gasteiger partial charge in [-0.1, -0.05) is 32.0 Å². The Hall–Kier alpha value is -2.38. The van der Waals surface area contributed by atoms with Crippen molar-refractivity contribution in [2.75, 3.05) is 18.4 Å². The summed E-state index contributed by atoms with van der Waals surface area (Å²) in [5.74, 6) is 0.396. The number of nitrogens with one attached hydrogen (secondary N) is 1. The van der Waals surface area contributed by atoms with Crippen molar-refractivity contribution in [3.8, 4) is 5.75 Å². The van der Waals surface area contributed by atoms with E-state index in [1.165, 1.54) is 16.4 Å². The number of anilines is 1. The number of benzene rings is 2. The topological polar surface area (TPSA) is 75.7 Å². The number of ether oxygens (including phenoxy) is 1. The number of rotatable bonds is 8. The number of nitrogens with zero attached hydrogens (tertiary/aromatic N) is 1. The van der Waals surface area contributed by atoms with Crippen LogP contribution in [0.25, 0.3) is 0 Å². The molecule has 0 aromatic heterocycles. The number of aryl methyl sites for hydroxylation is 2. The van der Waals surface area contributed by atoms with E-state index in [1.807, 2.05) is 32.0 Å². The van der Waals surface area contributed by atoms with Crippen LogP contribution in [0.2, 0.25) is 0 Å². The molecule has 1 amide bonds. The molecule has 2 aromatic carbocycles. The van der Waals surface area contributed by atoms with Crippen LogP contribution in [-0.2, 0) is 14.8 Å². The third kappa shape index (κ3) is 4.91. The minimum atomic E-state index is -3.52. The molecule has 1 atom stereocenters. The number of hydrogen-bond donors (Lipinski definition) is 1. The van der Waals surface area contributed by atoms with Crippen molar-refractivity contribution in [2.24, 2.45) is 0 Å². The Labute approximate surface area is 167 Å². The predicted molar refractivity (Wildman–Crippen MR) is 111 cm³/mol. The lowest BCUT2D eigenvalue weighted by atomic mass is 10.1. The molecule has 0 unspecified atom stereocenters.